The van der Waals surface area contributed by atoms with Crippen LogP contribution in [0.1, 0.15) is 23.9 Å². The van der Waals surface area contributed by atoms with E-state index in [1.165, 1.54) is 11.0 Å². The van der Waals surface area contributed by atoms with Gasteiger partial charge < -0.3 is 9.84 Å². The number of phenolic OH excluding ortho intramolecular Hbond substituents is 1. The number of hydrogen-bond donors (Lipinski definition) is 1. The molecule has 3 aromatic rings. The molecule has 0 aliphatic carbocycles. The molecule has 9 heteroatoms. The minimum absolute atomic E-state index is 0.0617. The van der Waals surface area contributed by atoms with Gasteiger partial charge in [0.25, 0.3) is 5.95 Å². The third-order valence-corrected chi connectivity index (χ3v) is 4.00. The Hall–Kier alpha value is -2.68. The summed E-state index contributed by atoms with van der Waals surface area (Å²) in [6, 6.07) is 5.41. The van der Waals surface area contributed by atoms with Gasteiger partial charge in [0.15, 0.2) is 11.5 Å². The average molecular weight is 405 g/mol. The summed E-state index contributed by atoms with van der Waals surface area (Å²) in [4.78, 5) is 0. The van der Waals surface area contributed by atoms with Crippen LogP contribution in [-0.2, 0) is 0 Å². The van der Waals surface area contributed by atoms with E-state index in [1.54, 1.807) is 23.0 Å². The van der Waals surface area contributed by atoms with E-state index in [0.717, 1.165) is 17.0 Å². The van der Waals surface area contributed by atoms with E-state index >= 15 is 0 Å². The smallest absolute Gasteiger partial charge is 0.273 e. The molecule has 0 fully saturated rings. The number of aryl methyl sites for hydroxylation is 2. The van der Waals surface area contributed by atoms with Crippen molar-refractivity contribution in [1.82, 2.24) is 24.7 Å². The lowest BCUT2D eigenvalue weighted by molar-refractivity contribution is 0.317. The predicted molar refractivity (Wildman–Crippen MR) is 96.6 cm³/mol. The largest absolute Gasteiger partial charge is 0.503 e. The number of hydrogen-bond acceptors (Lipinski definition) is 6. The Labute approximate surface area is 152 Å². The Morgan fingerprint density at radius 3 is 2.80 bits per heavy atom. The van der Waals surface area contributed by atoms with Gasteiger partial charge in [0, 0.05) is 5.69 Å². The molecule has 0 saturated heterocycles. The maximum atomic E-state index is 9.98. The molecule has 0 saturated carbocycles. The highest BCUT2D eigenvalue weighted by molar-refractivity contribution is 9.10. The van der Waals surface area contributed by atoms with E-state index < -0.39 is 0 Å². The van der Waals surface area contributed by atoms with Crippen LogP contribution >= 0.6 is 15.9 Å². The third-order valence-electron chi connectivity index (χ3n) is 3.39. The third kappa shape index (κ3) is 3.55. The number of benzene rings is 1. The maximum absolute atomic E-state index is 9.98. The highest BCUT2D eigenvalue weighted by atomic mass is 79.9. The maximum Gasteiger partial charge on any atom is 0.273 e. The van der Waals surface area contributed by atoms with Gasteiger partial charge in [0.2, 0.25) is 0 Å². The van der Waals surface area contributed by atoms with Gasteiger partial charge in [0.1, 0.15) is 6.33 Å². The fourth-order valence-corrected chi connectivity index (χ4v) is 2.80. The van der Waals surface area contributed by atoms with E-state index in [1.807, 2.05) is 26.8 Å². The molecule has 25 heavy (non-hydrogen) atoms. The number of phenols is 1. The molecule has 3 rings (SSSR count). The van der Waals surface area contributed by atoms with E-state index in [0.29, 0.717) is 22.8 Å². The fraction of sp³-hybridized carbons (Fsp3) is 0.250. The zero-order valence-electron chi connectivity index (χ0n) is 14.0. The first-order chi connectivity index (χ1) is 12.0. The molecule has 0 amide bonds. The molecule has 0 spiro atoms. The molecule has 130 valence electrons. The Kier molecular flexibility index (Phi) is 4.84. The number of aromatic hydroxyl groups is 1. The number of nitrogens with zero attached hydrogens (tertiary/aromatic N) is 6. The first-order valence-corrected chi connectivity index (χ1v) is 8.42. The monoisotopic (exact) mass is 404 g/mol. The van der Waals surface area contributed by atoms with Crippen molar-refractivity contribution >= 4 is 22.1 Å². The number of aromatic nitrogens is 5. The lowest BCUT2D eigenvalue weighted by atomic mass is 10.2. The molecular formula is C16H17BrN6O2. The van der Waals surface area contributed by atoms with E-state index in [9.17, 15) is 5.11 Å². The topological polar surface area (TPSA) is 90.4 Å². The van der Waals surface area contributed by atoms with E-state index in [2.05, 4.69) is 36.3 Å². The minimum Gasteiger partial charge on any atom is -0.503 e. The first kappa shape index (κ1) is 17.2. The van der Waals surface area contributed by atoms with Crippen molar-refractivity contribution < 1.29 is 9.84 Å². The summed E-state index contributed by atoms with van der Waals surface area (Å²) in [6.07, 6.45) is 3.13. The van der Waals surface area contributed by atoms with Crippen LogP contribution in [-0.4, -0.2) is 42.6 Å². The Morgan fingerprint density at radius 2 is 2.12 bits per heavy atom. The van der Waals surface area contributed by atoms with Crippen molar-refractivity contribution in [3.63, 3.8) is 0 Å². The van der Waals surface area contributed by atoms with Crippen LogP contribution in [0.3, 0.4) is 0 Å². The Bertz CT molecular complexity index is 931. The van der Waals surface area contributed by atoms with Crippen molar-refractivity contribution in [3.05, 3.63) is 46.0 Å². The van der Waals surface area contributed by atoms with Crippen LogP contribution in [0.2, 0.25) is 0 Å². The molecule has 0 aliphatic heterocycles. The summed E-state index contributed by atoms with van der Waals surface area (Å²) in [5.41, 5.74) is 2.58. The van der Waals surface area contributed by atoms with Crippen LogP contribution < -0.4 is 4.74 Å². The fourth-order valence-electron chi connectivity index (χ4n) is 2.34. The molecule has 1 aromatic carbocycles. The zero-order valence-corrected chi connectivity index (χ0v) is 15.6. The molecule has 1 N–H and O–H groups in total. The Balaban J connectivity index is 1.94. The van der Waals surface area contributed by atoms with Gasteiger partial charge in [-0.1, -0.05) is 0 Å². The Morgan fingerprint density at radius 1 is 1.32 bits per heavy atom. The van der Waals surface area contributed by atoms with Crippen molar-refractivity contribution in [2.24, 2.45) is 5.10 Å². The van der Waals surface area contributed by atoms with Gasteiger partial charge in [0.05, 0.1) is 23.0 Å². The second-order valence-electron chi connectivity index (χ2n) is 5.34. The van der Waals surface area contributed by atoms with Gasteiger partial charge in [-0.2, -0.15) is 14.9 Å². The molecule has 0 radical (unpaired) electrons. The summed E-state index contributed by atoms with van der Waals surface area (Å²) in [7, 11) is 0. The van der Waals surface area contributed by atoms with Crippen LogP contribution in [0, 0.1) is 13.8 Å². The average Bonchev–Trinajstić information content (AvgIpc) is 3.15. The number of ether oxygens (including phenoxy) is 1. The summed E-state index contributed by atoms with van der Waals surface area (Å²) < 4.78 is 9.16. The van der Waals surface area contributed by atoms with Crippen molar-refractivity contribution in [1.29, 1.82) is 0 Å². The summed E-state index contributed by atoms with van der Waals surface area (Å²) >= 11 is 3.31. The van der Waals surface area contributed by atoms with Gasteiger partial charge in [-0.15, -0.1) is 10.2 Å². The van der Waals surface area contributed by atoms with Crippen molar-refractivity contribution in [2.45, 2.75) is 20.8 Å². The predicted octanol–water partition coefficient (Wildman–Crippen LogP) is 2.83. The molecular weight excluding hydrogens is 388 g/mol. The number of rotatable bonds is 5. The highest BCUT2D eigenvalue weighted by Gasteiger charge is 2.11. The lowest BCUT2D eigenvalue weighted by Gasteiger charge is -2.08. The second kappa shape index (κ2) is 7.06. The van der Waals surface area contributed by atoms with Crippen LogP contribution in [0.5, 0.6) is 11.5 Å². The summed E-state index contributed by atoms with van der Waals surface area (Å²) in [5.74, 6) is 0.942. The minimum atomic E-state index is 0.0617. The van der Waals surface area contributed by atoms with Gasteiger partial charge in [-0.05, 0) is 60.5 Å². The second-order valence-corrected chi connectivity index (χ2v) is 6.20. The summed E-state index contributed by atoms with van der Waals surface area (Å²) in [6.45, 7) is 6.16. The zero-order chi connectivity index (χ0) is 18.0. The van der Waals surface area contributed by atoms with Gasteiger partial charge >= 0.3 is 0 Å². The first-order valence-electron chi connectivity index (χ1n) is 7.63. The van der Waals surface area contributed by atoms with Crippen LogP contribution in [0.15, 0.2) is 34.1 Å². The molecule has 0 aliphatic rings. The lowest BCUT2D eigenvalue weighted by Crippen LogP contribution is -2.06. The highest BCUT2D eigenvalue weighted by Crippen LogP contribution is 2.35. The normalized spacial score (nSPS) is 11.4. The van der Waals surface area contributed by atoms with E-state index in [4.69, 9.17) is 4.74 Å². The SMILES string of the molecule is CCOc1cc(C=Nn2cnnc2-n2nc(C)cc2C)cc(Br)c1O. The molecule has 2 aromatic heterocycles. The summed E-state index contributed by atoms with van der Waals surface area (Å²) in [5, 5.41) is 26.7. The van der Waals surface area contributed by atoms with Crippen LogP contribution in [0.4, 0.5) is 0 Å². The molecule has 0 unspecified atom stereocenters. The van der Waals surface area contributed by atoms with Crippen LogP contribution in [0.25, 0.3) is 5.95 Å². The van der Waals surface area contributed by atoms with Gasteiger partial charge in [-0.3, -0.25) is 0 Å². The molecule has 2 heterocycles. The number of halogens is 1. The quantitative estimate of drug-likeness (QED) is 0.660. The molecule has 8 nitrogen and oxygen atoms in total. The standard InChI is InChI=1S/C16H17BrN6O2/c1-4-25-14-7-12(6-13(17)15(14)24)8-19-22-9-18-20-16(22)23-11(3)5-10(2)21-23/h5-9,24H,4H2,1-3H3. The van der Waals surface area contributed by atoms with Crippen molar-refractivity contribution in [3.8, 4) is 17.4 Å². The molecule has 0 atom stereocenters. The van der Waals surface area contributed by atoms with Gasteiger partial charge in [-0.25, -0.2) is 4.68 Å². The molecule has 0 bridgehead atoms. The van der Waals surface area contributed by atoms with E-state index in [-0.39, 0.29) is 5.75 Å². The van der Waals surface area contributed by atoms with Crippen molar-refractivity contribution in [2.75, 3.05) is 6.61 Å².